The summed E-state index contributed by atoms with van der Waals surface area (Å²) < 4.78 is 13.3. The van der Waals surface area contributed by atoms with Crippen LogP contribution in [0.25, 0.3) is 0 Å². The van der Waals surface area contributed by atoms with E-state index in [-0.39, 0.29) is 30.5 Å². The van der Waals surface area contributed by atoms with Gasteiger partial charge in [0.2, 0.25) is 0 Å². The Morgan fingerprint density at radius 1 is 1.53 bits per heavy atom. The molecule has 0 aromatic rings. The normalized spacial score (nSPS) is 8.27. The van der Waals surface area contributed by atoms with Crippen molar-refractivity contribution in [1.82, 2.24) is 0 Å². The number of hydrogen-bond acceptors (Lipinski definition) is 3. The second-order valence-corrected chi connectivity index (χ2v) is 2.76. The average molecular weight is 250 g/mol. The molecule has 0 radical (unpaired) electrons. The number of ether oxygens (including phenoxy) is 1. The van der Waals surface area contributed by atoms with Crippen LogP contribution >= 0.6 is 7.82 Å². The minimum atomic E-state index is -4.64. The van der Waals surface area contributed by atoms with Crippen LogP contribution in [0.1, 0.15) is 13.3 Å². The van der Waals surface area contributed by atoms with E-state index in [1.165, 1.54) is 6.61 Å². The van der Waals surface area contributed by atoms with E-state index in [9.17, 15) is 4.79 Å². The fourth-order valence-corrected chi connectivity index (χ4v) is 0.214. The third-order valence-corrected chi connectivity index (χ3v) is 0.533. The molecule has 0 saturated carbocycles. The number of hydrogen-bond donors (Lipinski definition) is 3. The Morgan fingerprint density at radius 2 is 1.87 bits per heavy atom. The molecular weight excluding hydrogens is 235 g/mol. The van der Waals surface area contributed by atoms with Crippen LogP contribution < -0.4 is 0 Å². The molecule has 3 N–H and O–H groups in total. The zero-order valence-corrected chi connectivity index (χ0v) is 11.1. The summed E-state index contributed by atoms with van der Waals surface area (Å²) in [6.45, 7) is 6.54. The maximum atomic E-state index is 10.2. The van der Waals surface area contributed by atoms with E-state index in [2.05, 4.69) is 11.3 Å². The van der Waals surface area contributed by atoms with Gasteiger partial charge in [-0.1, -0.05) is 13.5 Å². The Labute approximate surface area is 106 Å². The first-order valence-electron chi connectivity index (χ1n) is 3.24. The Hall–Kier alpha value is 0.0862. The Balaban J connectivity index is -0.0000000770. The third kappa shape index (κ3) is 55.5. The number of phosphoric acid groups is 1. The van der Waals surface area contributed by atoms with Crippen molar-refractivity contribution in [1.29, 1.82) is 0 Å². The van der Waals surface area contributed by atoms with E-state index in [0.717, 1.165) is 12.5 Å². The summed E-state index contributed by atoms with van der Waals surface area (Å²) in [5.74, 6) is -0.396. The first-order valence-corrected chi connectivity index (χ1v) is 4.80. The van der Waals surface area contributed by atoms with E-state index in [0.29, 0.717) is 0 Å². The number of esters is 1. The van der Waals surface area contributed by atoms with Gasteiger partial charge in [-0.2, -0.15) is 6.61 Å². The molecule has 0 rings (SSSR count). The molecule has 0 aromatic carbocycles. The molecule has 0 aromatic heterocycles. The van der Waals surface area contributed by atoms with Gasteiger partial charge in [0.15, 0.2) is 0 Å². The maximum Gasteiger partial charge on any atom is 2.00 e. The molecule has 0 saturated heterocycles. The van der Waals surface area contributed by atoms with Gasteiger partial charge in [0.05, 0.1) is 0 Å². The van der Waals surface area contributed by atoms with Gasteiger partial charge in [0.25, 0.3) is 5.97 Å². The summed E-state index contributed by atoms with van der Waals surface area (Å²) in [5.41, 5.74) is 0. The zero-order valence-electron chi connectivity index (χ0n) is 8.79. The first-order chi connectivity index (χ1) is 5.81. The van der Waals surface area contributed by atoms with Crippen LogP contribution in [0.4, 0.5) is 0 Å². The largest absolute Gasteiger partial charge is 2.00 e. The van der Waals surface area contributed by atoms with E-state index in [1.807, 2.05) is 6.92 Å². The van der Waals surface area contributed by atoms with Crippen molar-refractivity contribution in [3.05, 3.63) is 26.7 Å². The molecule has 0 fully saturated rings. The standard InChI is InChI=1S/C6H9O2.CH3.Mg.H3O4P/c1-3-5-8-6(7)4-2;;;1-5(2,3)4/h4-5H,2-3H2,1H3;1H3;;(H3,1,2,3,4)/q2*-1;+2;. The van der Waals surface area contributed by atoms with E-state index in [1.54, 1.807) is 0 Å². The van der Waals surface area contributed by atoms with Gasteiger partial charge in [-0.3, -0.25) is 0 Å². The number of rotatable bonds is 3. The number of carbonyl (C=O) groups is 1. The van der Waals surface area contributed by atoms with Crippen molar-refractivity contribution >= 4 is 36.8 Å². The summed E-state index contributed by atoms with van der Waals surface area (Å²) in [4.78, 5) is 31.8. The van der Waals surface area contributed by atoms with Crippen molar-refractivity contribution in [2.75, 3.05) is 0 Å². The van der Waals surface area contributed by atoms with Crippen LogP contribution in [-0.4, -0.2) is 43.7 Å². The van der Waals surface area contributed by atoms with Crippen LogP contribution in [0.5, 0.6) is 0 Å². The topological polar surface area (TPSA) is 104 Å². The number of carbonyl (C=O) groups excluding carboxylic acids is 1. The molecule has 0 aliphatic rings. The third-order valence-electron chi connectivity index (χ3n) is 0.533. The molecule has 8 heteroatoms. The first kappa shape index (κ1) is 24.4. The minimum Gasteiger partial charge on any atom is -0.634 e. The summed E-state index contributed by atoms with van der Waals surface area (Å²) in [6, 6.07) is 0. The van der Waals surface area contributed by atoms with Crippen molar-refractivity contribution < 1.29 is 28.8 Å². The molecule has 0 aliphatic carbocycles. The fourth-order valence-electron chi connectivity index (χ4n) is 0.214. The van der Waals surface area contributed by atoms with E-state index >= 15 is 0 Å². The second kappa shape index (κ2) is 14.1. The van der Waals surface area contributed by atoms with Gasteiger partial charge in [0, 0.05) is 6.08 Å². The average Bonchev–Trinajstić information content (AvgIpc) is 1.97. The molecular formula is C7H15MgO6P. The Bertz CT molecular complexity index is 193. The quantitative estimate of drug-likeness (QED) is 0.221. The van der Waals surface area contributed by atoms with E-state index in [4.69, 9.17) is 19.2 Å². The predicted molar refractivity (Wildman–Crippen MR) is 57.3 cm³/mol. The van der Waals surface area contributed by atoms with Crippen LogP contribution in [0, 0.1) is 14.0 Å². The molecule has 0 bridgehead atoms. The van der Waals surface area contributed by atoms with Crippen LogP contribution in [-0.2, 0) is 14.1 Å². The van der Waals surface area contributed by atoms with Crippen molar-refractivity contribution in [3.63, 3.8) is 0 Å². The van der Waals surface area contributed by atoms with Crippen LogP contribution in [0.3, 0.4) is 0 Å². The molecule has 0 heterocycles. The fraction of sp³-hybridized carbons (Fsp3) is 0.286. The monoisotopic (exact) mass is 250 g/mol. The molecule has 0 atom stereocenters. The molecule has 0 amide bonds. The summed E-state index contributed by atoms with van der Waals surface area (Å²) >= 11 is 0. The van der Waals surface area contributed by atoms with Crippen LogP contribution in [0.2, 0.25) is 0 Å². The second-order valence-electron chi connectivity index (χ2n) is 1.73. The maximum absolute atomic E-state index is 10.2. The van der Waals surface area contributed by atoms with Gasteiger partial charge in [-0.25, -0.2) is 9.36 Å². The minimum absolute atomic E-state index is 0. The summed E-state index contributed by atoms with van der Waals surface area (Å²) in [6.07, 6.45) is 1.87. The van der Waals surface area contributed by atoms with Gasteiger partial charge < -0.3 is 26.8 Å². The van der Waals surface area contributed by atoms with Crippen molar-refractivity contribution in [2.45, 2.75) is 13.3 Å². The summed E-state index contributed by atoms with van der Waals surface area (Å²) in [5, 5.41) is 0. The molecule has 0 spiro atoms. The van der Waals surface area contributed by atoms with Crippen molar-refractivity contribution in [3.8, 4) is 0 Å². The Kier molecular flexibility index (Phi) is 22.9. The smallest absolute Gasteiger partial charge is 0.634 e. The Morgan fingerprint density at radius 3 is 2.07 bits per heavy atom. The summed E-state index contributed by atoms with van der Waals surface area (Å²) in [7, 11) is -4.64. The SMILES string of the molecule is C=CC(=O)O[CH-]CC.O=P(O)(O)O.[CH3-].[Mg+2]. The molecule has 6 nitrogen and oxygen atoms in total. The van der Waals surface area contributed by atoms with Gasteiger partial charge in [-0.15, -0.1) is 6.42 Å². The molecule has 0 unspecified atom stereocenters. The van der Waals surface area contributed by atoms with Crippen LogP contribution in [0.15, 0.2) is 12.7 Å². The van der Waals surface area contributed by atoms with E-state index < -0.39 is 13.8 Å². The molecule has 86 valence electrons. The molecule has 0 aliphatic heterocycles. The van der Waals surface area contributed by atoms with Crippen molar-refractivity contribution in [2.24, 2.45) is 0 Å². The zero-order chi connectivity index (χ0) is 10.9. The van der Waals surface area contributed by atoms with Gasteiger partial charge >= 0.3 is 30.9 Å². The predicted octanol–water partition coefficient (Wildman–Crippen LogP) is 0.428. The van der Waals surface area contributed by atoms with Gasteiger partial charge in [-0.05, 0) is 0 Å². The van der Waals surface area contributed by atoms with Gasteiger partial charge in [0.1, 0.15) is 0 Å². The molecule has 15 heavy (non-hydrogen) atoms.